The van der Waals surface area contributed by atoms with Crippen LogP contribution in [0.15, 0.2) is 51.5 Å². The Balaban J connectivity index is 1.29. The molecule has 1 fully saturated rings. The molecule has 3 aromatic rings. The number of rotatable bonds is 5. The molecule has 1 N–H and O–H groups in total. The first kappa shape index (κ1) is 21.0. The fourth-order valence-corrected chi connectivity index (χ4v) is 4.01. The third-order valence-electron chi connectivity index (χ3n) is 5.25. The minimum atomic E-state index is -0.0192. The highest BCUT2D eigenvalue weighted by molar-refractivity contribution is 9.10. The van der Waals surface area contributed by atoms with Gasteiger partial charge in [-0.05, 0) is 73.1 Å². The maximum atomic E-state index is 12.6. The molecule has 1 aromatic heterocycles. The second-order valence-electron chi connectivity index (χ2n) is 7.55. The van der Waals surface area contributed by atoms with E-state index in [1.54, 1.807) is 6.07 Å². The van der Waals surface area contributed by atoms with Crippen molar-refractivity contribution in [2.45, 2.75) is 26.3 Å². The molecule has 0 spiro atoms. The summed E-state index contributed by atoms with van der Waals surface area (Å²) in [5.74, 6) is 1.22. The largest absolute Gasteiger partial charge is 0.338 e. The third kappa shape index (κ3) is 5.09. The van der Waals surface area contributed by atoms with Crippen LogP contribution in [0.3, 0.4) is 0 Å². The van der Waals surface area contributed by atoms with Crippen LogP contribution in [-0.2, 0) is 11.3 Å². The quantitative estimate of drug-likeness (QED) is 0.526. The number of halogens is 2. The molecule has 1 aliphatic heterocycles. The highest BCUT2D eigenvalue weighted by Gasteiger charge is 2.26. The number of benzene rings is 2. The lowest BCUT2D eigenvalue weighted by Gasteiger charge is -2.30. The van der Waals surface area contributed by atoms with Crippen LogP contribution < -0.4 is 5.32 Å². The second-order valence-corrected chi connectivity index (χ2v) is 8.81. The lowest BCUT2D eigenvalue weighted by atomic mass is 9.96. The zero-order valence-corrected chi connectivity index (χ0v) is 18.9. The van der Waals surface area contributed by atoms with Gasteiger partial charge in [0.1, 0.15) is 0 Å². The molecule has 0 bridgehead atoms. The summed E-state index contributed by atoms with van der Waals surface area (Å²) in [6.45, 7) is 4.24. The van der Waals surface area contributed by atoms with Gasteiger partial charge in [0.2, 0.25) is 17.6 Å². The van der Waals surface area contributed by atoms with E-state index in [1.807, 2.05) is 43.3 Å². The van der Waals surface area contributed by atoms with E-state index in [4.69, 9.17) is 16.1 Å². The van der Waals surface area contributed by atoms with Gasteiger partial charge in [-0.2, -0.15) is 4.98 Å². The van der Waals surface area contributed by atoms with Gasteiger partial charge in [-0.1, -0.05) is 40.5 Å². The lowest BCUT2D eigenvalue weighted by Crippen LogP contribution is -2.37. The number of hydrogen-bond acceptors (Lipinski definition) is 5. The Morgan fingerprint density at radius 2 is 2.07 bits per heavy atom. The number of piperidine rings is 1. The Bertz CT molecular complexity index is 1050. The molecule has 8 heteroatoms. The summed E-state index contributed by atoms with van der Waals surface area (Å²) in [5.41, 5.74) is 2.82. The summed E-state index contributed by atoms with van der Waals surface area (Å²) in [6.07, 6.45) is 1.57. The Morgan fingerprint density at radius 3 is 2.80 bits per heavy atom. The predicted molar refractivity (Wildman–Crippen MR) is 120 cm³/mol. The number of nitrogens with zero attached hydrogens (tertiary/aromatic N) is 3. The molecular formula is C22H22BrClN4O2. The maximum Gasteiger partial charge on any atom is 0.241 e. The van der Waals surface area contributed by atoms with Crippen molar-refractivity contribution < 1.29 is 9.32 Å². The van der Waals surface area contributed by atoms with Gasteiger partial charge in [0, 0.05) is 21.6 Å². The van der Waals surface area contributed by atoms with E-state index in [2.05, 4.69) is 36.3 Å². The van der Waals surface area contributed by atoms with Crippen molar-refractivity contribution in [2.24, 2.45) is 5.92 Å². The molecule has 0 unspecified atom stereocenters. The molecule has 2 heterocycles. The monoisotopic (exact) mass is 488 g/mol. The number of amides is 1. The molecule has 0 aliphatic carbocycles. The fraction of sp³-hybridized carbons (Fsp3) is 0.318. The van der Waals surface area contributed by atoms with Gasteiger partial charge in [-0.15, -0.1) is 0 Å². The van der Waals surface area contributed by atoms with E-state index >= 15 is 0 Å². The number of carbonyl (C=O) groups is 1. The number of aromatic nitrogens is 2. The average Bonchev–Trinajstić information content (AvgIpc) is 3.20. The predicted octanol–water partition coefficient (Wildman–Crippen LogP) is 5.31. The number of hydrogen-bond donors (Lipinski definition) is 1. The zero-order valence-electron chi connectivity index (χ0n) is 16.6. The first-order chi connectivity index (χ1) is 14.5. The number of likely N-dealkylation sites (tertiary alicyclic amines) is 1. The Kier molecular flexibility index (Phi) is 6.51. The van der Waals surface area contributed by atoms with Gasteiger partial charge >= 0.3 is 0 Å². The van der Waals surface area contributed by atoms with E-state index in [1.165, 1.54) is 0 Å². The lowest BCUT2D eigenvalue weighted by molar-refractivity contribution is -0.121. The fourth-order valence-electron chi connectivity index (χ4n) is 3.58. The molecular weight excluding hydrogens is 468 g/mol. The van der Waals surface area contributed by atoms with Crippen molar-refractivity contribution in [2.75, 3.05) is 18.4 Å². The van der Waals surface area contributed by atoms with Crippen LogP contribution in [0.25, 0.3) is 11.4 Å². The first-order valence-corrected chi connectivity index (χ1v) is 11.0. The van der Waals surface area contributed by atoms with Crippen molar-refractivity contribution in [1.29, 1.82) is 0 Å². The average molecular weight is 490 g/mol. The smallest absolute Gasteiger partial charge is 0.241 e. The molecule has 156 valence electrons. The highest BCUT2D eigenvalue weighted by Crippen LogP contribution is 2.27. The molecule has 30 heavy (non-hydrogen) atoms. The molecule has 1 saturated heterocycles. The molecule has 2 aromatic carbocycles. The van der Waals surface area contributed by atoms with Crippen LogP contribution in [0.1, 0.15) is 24.3 Å². The van der Waals surface area contributed by atoms with Crippen molar-refractivity contribution in [3.05, 3.63) is 63.4 Å². The molecule has 0 saturated carbocycles. The summed E-state index contributed by atoms with van der Waals surface area (Å²) < 4.78 is 6.24. The van der Waals surface area contributed by atoms with Crippen LogP contribution in [0.4, 0.5) is 5.69 Å². The van der Waals surface area contributed by atoms with Gasteiger partial charge in [0.15, 0.2) is 0 Å². The van der Waals surface area contributed by atoms with E-state index < -0.39 is 0 Å². The van der Waals surface area contributed by atoms with E-state index in [0.29, 0.717) is 29.0 Å². The van der Waals surface area contributed by atoms with E-state index in [-0.39, 0.29) is 11.8 Å². The topological polar surface area (TPSA) is 71.3 Å². The van der Waals surface area contributed by atoms with Gasteiger partial charge in [-0.3, -0.25) is 9.69 Å². The molecule has 4 rings (SSSR count). The normalized spacial score (nSPS) is 15.3. The summed E-state index contributed by atoms with van der Waals surface area (Å²) in [5, 5.41) is 7.65. The van der Waals surface area contributed by atoms with Gasteiger partial charge in [-0.25, -0.2) is 0 Å². The van der Waals surface area contributed by atoms with Crippen LogP contribution >= 0.6 is 27.5 Å². The standard InChI is InChI=1S/C22H22BrClN4O2/c1-14-3-2-4-16(11-14)21-26-20(30-27-21)13-28-9-7-15(8-10-28)22(29)25-17-5-6-18(23)19(24)12-17/h2-6,11-12,15H,7-10,13H2,1H3,(H,25,29). The number of nitrogens with one attached hydrogen (secondary N) is 1. The summed E-state index contributed by atoms with van der Waals surface area (Å²) >= 11 is 9.46. The molecule has 0 atom stereocenters. The molecule has 6 nitrogen and oxygen atoms in total. The van der Waals surface area contributed by atoms with Crippen LogP contribution in [-0.4, -0.2) is 34.0 Å². The second kappa shape index (κ2) is 9.29. The molecule has 0 radical (unpaired) electrons. The van der Waals surface area contributed by atoms with Gasteiger partial charge in [0.25, 0.3) is 0 Å². The summed E-state index contributed by atoms with van der Waals surface area (Å²) in [7, 11) is 0. The van der Waals surface area contributed by atoms with Crippen LogP contribution in [0.2, 0.25) is 5.02 Å². The molecule has 1 aliphatic rings. The zero-order chi connectivity index (χ0) is 21.1. The minimum Gasteiger partial charge on any atom is -0.338 e. The Morgan fingerprint density at radius 1 is 1.27 bits per heavy atom. The minimum absolute atomic E-state index is 0.0192. The Hall–Kier alpha value is -2.22. The van der Waals surface area contributed by atoms with Crippen LogP contribution in [0.5, 0.6) is 0 Å². The number of aryl methyl sites for hydroxylation is 1. The van der Waals surface area contributed by atoms with Gasteiger partial charge < -0.3 is 9.84 Å². The molecule has 1 amide bonds. The Labute approximate surface area is 188 Å². The summed E-state index contributed by atoms with van der Waals surface area (Å²) in [6, 6.07) is 13.5. The summed E-state index contributed by atoms with van der Waals surface area (Å²) in [4.78, 5) is 19.4. The maximum absolute atomic E-state index is 12.6. The number of anilines is 1. The van der Waals surface area contributed by atoms with Crippen molar-refractivity contribution in [1.82, 2.24) is 15.0 Å². The van der Waals surface area contributed by atoms with E-state index in [9.17, 15) is 4.79 Å². The highest BCUT2D eigenvalue weighted by atomic mass is 79.9. The van der Waals surface area contributed by atoms with Crippen LogP contribution in [0, 0.1) is 12.8 Å². The van der Waals surface area contributed by atoms with Gasteiger partial charge in [0.05, 0.1) is 11.6 Å². The number of carbonyl (C=O) groups excluding carboxylic acids is 1. The SMILES string of the molecule is Cc1cccc(-c2noc(CN3CCC(C(=O)Nc4ccc(Br)c(Cl)c4)CC3)n2)c1. The van der Waals surface area contributed by atoms with Crippen molar-refractivity contribution in [3.63, 3.8) is 0 Å². The first-order valence-electron chi connectivity index (χ1n) is 9.86. The third-order valence-corrected chi connectivity index (χ3v) is 6.48. The van der Waals surface area contributed by atoms with Crippen molar-refractivity contribution in [3.8, 4) is 11.4 Å². The van der Waals surface area contributed by atoms with Crippen molar-refractivity contribution >= 4 is 39.1 Å². The van der Waals surface area contributed by atoms with E-state index in [0.717, 1.165) is 41.5 Å².